The molecule has 10 heteroatoms. The number of carbonyl (C=O) groups excluding carboxylic acids is 1. The van der Waals surface area contributed by atoms with Crippen LogP contribution in [0.2, 0.25) is 0 Å². The lowest BCUT2D eigenvalue weighted by molar-refractivity contribution is -0.385. The van der Waals surface area contributed by atoms with Crippen LogP contribution in [0.3, 0.4) is 0 Å². The van der Waals surface area contributed by atoms with Crippen molar-refractivity contribution in [1.29, 1.82) is 0 Å². The molecule has 1 heterocycles. The van der Waals surface area contributed by atoms with Gasteiger partial charge in [-0.25, -0.2) is 10.4 Å². The highest BCUT2D eigenvalue weighted by atomic mass is 16.6. The fraction of sp³-hybridized carbons (Fsp3) is 0.111. The van der Waals surface area contributed by atoms with Gasteiger partial charge < -0.3 is 9.72 Å². The summed E-state index contributed by atoms with van der Waals surface area (Å²) in [5.41, 5.74) is 3.10. The summed E-state index contributed by atoms with van der Waals surface area (Å²) in [6.45, 7) is 0. The smallest absolute Gasteiger partial charge is 0.311 e. The van der Waals surface area contributed by atoms with Gasteiger partial charge in [-0.1, -0.05) is 18.2 Å². The number of aromatic nitrogens is 2. The molecule has 0 aliphatic rings. The normalized spacial score (nSPS) is 10.9. The van der Waals surface area contributed by atoms with Crippen molar-refractivity contribution in [2.24, 2.45) is 5.10 Å². The molecule has 142 valence electrons. The quantitative estimate of drug-likeness (QED) is 0.377. The minimum absolute atomic E-state index is 0.0261. The van der Waals surface area contributed by atoms with E-state index in [1.54, 1.807) is 30.3 Å². The van der Waals surface area contributed by atoms with E-state index in [2.05, 4.69) is 20.5 Å². The van der Waals surface area contributed by atoms with Gasteiger partial charge in [-0.05, 0) is 18.2 Å². The van der Waals surface area contributed by atoms with Crippen molar-refractivity contribution in [1.82, 2.24) is 15.4 Å². The zero-order chi connectivity index (χ0) is 20.1. The number of fused-ring (bicyclic) bond motifs is 1. The fourth-order valence-corrected chi connectivity index (χ4v) is 2.56. The van der Waals surface area contributed by atoms with Gasteiger partial charge in [0.15, 0.2) is 0 Å². The molecule has 0 radical (unpaired) electrons. The van der Waals surface area contributed by atoms with E-state index in [0.717, 1.165) is 0 Å². The molecule has 0 saturated heterocycles. The van der Waals surface area contributed by atoms with Crippen molar-refractivity contribution < 1.29 is 14.5 Å². The number of ether oxygens (including phenoxy) is 1. The van der Waals surface area contributed by atoms with Gasteiger partial charge in [0.25, 0.3) is 5.56 Å². The molecule has 0 aliphatic heterocycles. The van der Waals surface area contributed by atoms with E-state index in [-0.39, 0.29) is 23.6 Å². The number of aromatic amines is 1. The van der Waals surface area contributed by atoms with E-state index in [4.69, 9.17) is 4.74 Å². The minimum atomic E-state index is -0.577. The van der Waals surface area contributed by atoms with Crippen molar-refractivity contribution >= 4 is 28.8 Å². The number of H-pyrrole nitrogens is 1. The zero-order valence-electron chi connectivity index (χ0n) is 14.7. The number of nitrogens with zero attached hydrogens (tertiary/aromatic N) is 3. The number of nitro groups is 1. The molecule has 3 aromatic rings. The maximum absolute atomic E-state index is 12.1. The van der Waals surface area contributed by atoms with Gasteiger partial charge >= 0.3 is 5.69 Å². The molecule has 0 bridgehead atoms. The third-order valence-electron chi connectivity index (χ3n) is 3.82. The number of amides is 1. The molecule has 2 aromatic carbocycles. The summed E-state index contributed by atoms with van der Waals surface area (Å²) >= 11 is 0. The van der Waals surface area contributed by atoms with E-state index < -0.39 is 16.4 Å². The Hall–Kier alpha value is -4.08. The highest BCUT2D eigenvalue weighted by molar-refractivity contribution is 5.87. The number of hydrazone groups is 1. The monoisotopic (exact) mass is 381 g/mol. The molecule has 0 fully saturated rings. The number of rotatable bonds is 6. The third kappa shape index (κ3) is 4.01. The number of hydrogen-bond donors (Lipinski definition) is 2. The van der Waals surface area contributed by atoms with Crippen LogP contribution in [0, 0.1) is 10.1 Å². The second-order valence-electron chi connectivity index (χ2n) is 5.66. The molecule has 2 N–H and O–H groups in total. The minimum Gasteiger partial charge on any atom is -0.490 e. The highest BCUT2D eigenvalue weighted by Crippen LogP contribution is 2.29. The molecule has 3 rings (SSSR count). The van der Waals surface area contributed by atoms with Crippen LogP contribution in [-0.2, 0) is 11.2 Å². The SMILES string of the molecule is COc1c(C=NNC(=O)Cc2nc3ccccc3[nH]c2=O)cccc1[N+](=O)[O-]. The summed E-state index contributed by atoms with van der Waals surface area (Å²) in [6.07, 6.45) is 0.950. The summed E-state index contributed by atoms with van der Waals surface area (Å²) in [7, 11) is 1.30. The second kappa shape index (κ2) is 8.08. The number of nitro benzene ring substituents is 1. The first-order chi connectivity index (χ1) is 13.5. The Labute approximate surface area is 158 Å². The maximum atomic E-state index is 12.1. The Kier molecular flexibility index (Phi) is 5.40. The first-order valence-corrected chi connectivity index (χ1v) is 8.11. The molecule has 28 heavy (non-hydrogen) atoms. The van der Waals surface area contributed by atoms with Crippen molar-refractivity contribution in [3.63, 3.8) is 0 Å². The molecule has 0 spiro atoms. The predicted octanol–water partition coefficient (Wildman–Crippen LogP) is 1.53. The fourth-order valence-electron chi connectivity index (χ4n) is 2.56. The van der Waals surface area contributed by atoms with Gasteiger partial charge in [-0.3, -0.25) is 19.7 Å². The molecular weight excluding hydrogens is 366 g/mol. The molecule has 1 amide bonds. The average Bonchev–Trinajstić information content (AvgIpc) is 2.68. The van der Waals surface area contributed by atoms with Gasteiger partial charge in [0.1, 0.15) is 5.69 Å². The summed E-state index contributed by atoms with van der Waals surface area (Å²) < 4.78 is 5.05. The summed E-state index contributed by atoms with van der Waals surface area (Å²) in [6, 6.07) is 11.3. The largest absolute Gasteiger partial charge is 0.490 e. The van der Waals surface area contributed by atoms with Gasteiger partial charge in [0.05, 0.1) is 35.7 Å². The van der Waals surface area contributed by atoms with Crippen LogP contribution in [-0.4, -0.2) is 34.1 Å². The van der Waals surface area contributed by atoms with Gasteiger partial charge in [0, 0.05) is 11.6 Å². The molecule has 0 aliphatic carbocycles. The van der Waals surface area contributed by atoms with Gasteiger partial charge in [0.2, 0.25) is 11.7 Å². The van der Waals surface area contributed by atoms with E-state index in [1.807, 2.05) is 0 Å². The van der Waals surface area contributed by atoms with Crippen LogP contribution >= 0.6 is 0 Å². The van der Waals surface area contributed by atoms with E-state index in [0.29, 0.717) is 16.6 Å². The Morgan fingerprint density at radius 3 is 2.86 bits per heavy atom. The van der Waals surface area contributed by atoms with Crippen LogP contribution in [0.25, 0.3) is 11.0 Å². The van der Waals surface area contributed by atoms with Gasteiger partial charge in [-0.2, -0.15) is 5.10 Å². The van der Waals surface area contributed by atoms with Crippen molar-refractivity contribution in [2.75, 3.05) is 7.11 Å². The lowest BCUT2D eigenvalue weighted by Gasteiger charge is -2.05. The van der Waals surface area contributed by atoms with Crippen LogP contribution in [0.1, 0.15) is 11.3 Å². The molecule has 0 atom stereocenters. The summed E-state index contributed by atoms with van der Waals surface area (Å²) in [5.74, 6) is -0.535. The van der Waals surface area contributed by atoms with Crippen LogP contribution in [0.4, 0.5) is 5.69 Å². The number of carbonyl (C=O) groups is 1. The molecule has 0 unspecified atom stereocenters. The first kappa shape index (κ1) is 18.7. The Morgan fingerprint density at radius 1 is 1.32 bits per heavy atom. The molecule has 10 nitrogen and oxygen atoms in total. The number of hydrogen-bond acceptors (Lipinski definition) is 7. The van der Waals surface area contributed by atoms with Gasteiger partial charge in [-0.15, -0.1) is 0 Å². The summed E-state index contributed by atoms with van der Waals surface area (Å²) in [5, 5.41) is 14.8. The average molecular weight is 381 g/mol. The van der Waals surface area contributed by atoms with Crippen LogP contribution < -0.4 is 15.7 Å². The molecular formula is C18H15N5O5. The first-order valence-electron chi connectivity index (χ1n) is 8.11. The van der Waals surface area contributed by atoms with E-state index in [9.17, 15) is 19.7 Å². The second-order valence-corrected chi connectivity index (χ2v) is 5.66. The lowest BCUT2D eigenvalue weighted by atomic mass is 10.2. The Balaban J connectivity index is 1.73. The van der Waals surface area contributed by atoms with E-state index in [1.165, 1.54) is 25.5 Å². The number of methoxy groups -OCH3 is 1. The highest BCUT2D eigenvalue weighted by Gasteiger charge is 2.17. The van der Waals surface area contributed by atoms with Crippen LogP contribution in [0.15, 0.2) is 52.4 Å². The zero-order valence-corrected chi connectivity index (χ0v) is 14.7. The van der Waals surface area contributed by atoms with Crippen LogP contribution in [0.5, 0.6) is 5.75 Å². The predicted molar refractivity (Wildman–Crippen MR) is 101 cm³/mol. The van der Waals surface area contributed by atoms with Crippen molar-refractivity contribution in [3.8, 4) is 5.75 Å². The topological polar surface area (TPSA) is 140 Å². The molecule has 0 saturated carbocycles. The number of benzene rings is 2. The number of nitrogens with one attached hydrogen (secondary N) is 2. The van der Waals surface area contributed by atoms with E-state index >= 15 is 0 Å². The standard InChI is InChI=1S/C18H15N5O5/c1-28-17-11(5-4-8-15(17)23(26)27)10-19-22-16(24)9-14-18(25)21-13-7-3-2-6-12(13)20-14/h2-8,10H,9H2,1H3,(H,21,25)(H,22,24). The number of para-hydroxylation sites is 3. The van der Waals surface area contributed by atoms with Crippen molar-refractivity contribution in [2.45, 2.75) is 6.42 Å². The Bertz CT molecular complexity index is 1140. The third-order valence-corrected chi connectivity index (χ3v) is 3.82. The summed E-state index contributed by atoms with van der Waals surface area (Å²) in [4.78, 5) is 41.4. The lowest BCUT2D eigenvalue weighted by Crippen LogP contribution is -2.25. The maximum Gasteiger partial charge on any atom is 0.311 e. The van der Waals surface area contributed by atoms with Crippen molar-refractivity contribution in [3.05, 3.63) is 74.2 Å². The Morgan fingerprint density at radius 2 is 2.11 bits per heavy atom. The molecule has 1 aromatic heterocycles.